The van der Waals surface area contributed by atoms with Crippen LogP contribution in [0.1, 0.15) is 33.0 Å². The second kappa shape index (κ2) is 6.48. The lowest BCUT2D eigenvalue weighted by molar-refractivity contribution is -0.272. The minimum absolute atomic E-state index is 0.108. The summed E-state index contributed by atoms with van der Waals surface area (Å²) in [5, 5.41) is 19.9. The van der Waals surface area contributed by atoms with Gasteiger partial charge >= 0.3 is 6.18 Å². The molecule has 9 heteroatoms. The van der Waals surface area contributed by atoms with Crippen molar-refractivity contribution in [3.05, 3.63) is 18.2 Å². The molecule has 1 atom stereocenters. The molecular weight excluding hydrogens is 315 g/mol. The average molecular weight is 337 g/mol. The van der Waals surface area contributed by atoms with Crippen LogP contribution >= 0.6 is 0 Å². The number of aliphatic hydroxyl groups is 2. The lowest BCUT2D eigenvalue weighted by atomic mass is 9.96. The SMILES string of the molecule is CCN(CC(C)(C)O)C(=O)CC(O)(c1nccn1C)C(F)(F)F. The maximum Gasteiger partial charge on any atom is 0.425 e. The number of amides is 1. The van der Waals surface area contributed by atoms with E-state index in [1.807, 2.05) is 0 Å². The number of halogens is 3. The molecule has 1 aromatic heterocycles. The highest BCUT2D eigenvalue weighted by Gasteiger charge is 2.59. The van der Waals surface area contributed by atoms with Crippen molar-refractivity contribution in [3.63, 3.8) is 0 Å². The predicted molar refractivity (Wildman–Crippen MR) is 76.3 cm³/mol. The summed E-state index contributed by atoms with van der Waals surface area (Å²) in [6, 6.07) is 0. The Hall–Kier alpha value is -1.61. The van der Waals surface area contributed by atoms with E-state index in [0.29, 0.717) is 0 Å². The number of carbonyl (C=O) groups is 1. The first-order valence-corrected chi connectivity index (χ1v) is 7.09. The molecule has 0 aliphatic heterocycles. The van der Waals surface area contributed by atoms with Crippen molar-refractivity contribution in [3.8, 4) is 0 Å². The number of imidazole rings is 1. The zero-order valence-electron chi connectivity index (χ0n) is 13.6. The smallest absolute Gasteiger partial charge is 0.389 e. The molecule has 132 valence electrons. The monoisotopic (exact) mass is 337 g/mol. The van der Waals surface area contributed by atoms with Crippen molar-refractivity contribution in [1.82, 2.24) is 14.5 Å². The van der Waals surface area contributed by atoms with E-state index < -0.39 is 35.5 Å². The van der Waals surface area contributed by atoms with Crippen molar-refractivity contribution in [1.29, 1.82) is 0 Å². The third kappa shape index (κ3) is 4.44. The fraction of sp³-hybridized carbons (Fsp3) is 0.714. The summed E-state index contributed by atoms with van der Waals surface area (Å²) in [7, 11) is 1.30. The van der Waals surface area contributed by atoms with Gasteiger partial charge in [0.25, 0.3) is 0 Å². The van der Waals surface area contributed by atoms with Crippen LogP contribution in [0.4, 0.5) is 13.2 Å². The van der Waals surface area contributed by atoms with E-state index >= 15 is 0 Å². The summed E-state index contributed by atoms with van der Waals surface area (Å²) < 4.78 is 41.2. The molecule has 2 N–H and O–H groups in total. The van der Waals surface area contributed by atoms with Crippen LogP contribution < -0.4 is 0 Å². The molecule has 23 heavy (non-hydrogen) atoms. The van der Waals surface area contributed by atoms with Gasteiger partial charge < -0.3 is 19.7 Å². The standard InChI is InChI=1S/C14H22F3N3O3/c1-5-20(9-12(2,3)22)10(21)8-13(23,14(15,16)17)11-18-6-7-19(11)4/h6-7,22-23H,5,8-9H2,1-4H3. The minimum atomic E-state index is -5.07. The number of hydrogen-bond acceptors (Lipinski definition) is 4. The Morgan fingerprint density at radius 2 is 1.91 bits per heavy atom. The van der Waals surface area contributed by atoms with Crippen LogP contribution in [0.15, 0.2) is 12.4 Å². The Morgan fingerprint density at radius 1 is 1.35 bits per heavy atom. The number of carbonyl (C=O) groups excluding carboxylic acids is 1. The van der Waals surface area contributed by atoms with Crippen molar-refractivity contribution in [2.45, 2.75) is 44.6 Å². The number of aromatic nitrogens is 2. The molecular formula is C14H22F3N3O3. The Bertz CT molecular complexity index is 551. The summed E-state index contributed by atoms with van der Waals surface area (Å²) in [6.07, 6.45) is -3.91. The topological polar surface area (TPSA) is 78.6 Å². The number of nitrogens with zero attached hydrogens (tertiary/aromatic N) is 3. The summed E-state index contributed by atoms with van der Waals surface area (Å²) in [5.41, 5.74) is -4.65. The van der Waals surface area contributed by atoms with Gasteiger partial charge in [-0.2, -0.15) is 13.2 Å². The van der Waals surface area contributed by atoms with Gasteiger partial charge in [0.15, 0.2) is 5.82 Å². The number of likely N-dealkylation sites (N-methyl/N-ethyl adjacent to an activating group) is 1. The van der Waals surface area contributed by atoms with Gasteiger partial charge in [0.2, 0.25) is 11.5 Å². The van der Waals surface area contributed by atoms with Gasteiger partial charge in [0, 0.05) is 32.5 Å². The molecule has 0 aliphatic carbocycles. The number of hydrogen-bond donors (Lipinski definition) is 2. The van der Waals surface area contributed by atoms with Gasteiger partial charge in [0.05, 0.1) is 12.0 Å². The fourth-order valence-electron chi connectivity index (χ4n) is 2.24. The average Bonchev–Trinajstić information content (AvgIpc) is 2.79. The van der Waals surface area contributed by atoms with Gasteiger partial charge in [-0.3, -0.25) is 4.79 Å². The van der Waals surface area contributed by atoms with Crippen LogP contribution in [0.25, 0.3) is 0 Å². The Kier molecular flexibility index (Phi) is 5.48. The second-order valence-electron chi connectivity index (χ2n) is 6.12. The van der Waals surface area contributed by atoms with Crippen LogP contribution in [0.5, 0.6) is 0 Å². The molecule has 0 spiro atoms. The zero-order valence-corrected chi connectivity index (χ0v) is 13.6. The number of alkyl halides is 3. The van der Waals surface area contributed by atoms with E-state index in [9.17, 15) is 28.2 Å². The fourth-order valence-corrected chi connectivity index (χ4v) is 2.24. The van der Waals surface area contributed by atoms with E-state index in [4.69, 9.17) is 0 Å². The lowest BCUT2D eigenvalue weighted by Crippen LogP contribution is -2.50. The molecule has 1 heterocycles. The highest BCUT2D eigenvalue weighted by atomic mass is 19.4. The molecule has 1 amide bonds. The number of rotatable bonds is 6. The van der Waals surface area contributed by atoms with Gasteiger partial charge in [0.1, 0.15) is 0 Å². The molecule has 0 radical (unpaired) electrons. The van der Waals surface area contributed by atoms with Crippen LogP contribution in [0.2, 0.25) is 0 Å². The molecule has 0 aromatic carbocycles. The molecule has 1 rings (SSSR count). The first kappa shape index (κ1) is 19.4. The largest absolute Gasteiger partial charge is 0.425 e. The molecule has 1 aromatic rings. The molecule has 0 bridgehead atoms. The Labute approximate surface area is 132 Å². The zero-order chi connectivity index (χ0) is 18.1. The van der Waals surface area contributed by atoms with E-state index in [1.54, 1.807) is 6.92 Å². The van der Waals surface area contributed by atoms with E-state index in [0.717, 1.165) is 15.7 Å². The lowest BCUT2D eigenvalue weighted by Gasteiger charge is -2.33. The summed E-state index contributed by atoms with van der Waals surface area (Å²) in [4.78, 5) is 16.8. The van der Waals surface area contributed by atoms with Crippen LogP contribution in [-0.4, -0.2) is 55.4 Å². The van der Waals surface area contributed by atoms with Gasteiger partial charge in [-0.1, -0.05) is 0 Å². The molecule has 6 nitrogen and oxygen atoms in total. The molecule has 0 saturated heterocycles. The van der Waals surface area contributed by atoms with Crippen molar-refractivity contribution in [2.75, 3.05) is 13.1 Å². The first-order chi connectivity index (χ1) is 10.3. The minimum Gasteiger partial charge on any atom is -0.389 e. The molecule has 0 aliphatic rings. The van der Waals surface area contributed by atoms with Crippen molar-refractivity contribution in [2.24, 2.45) is 7.05 Å². The van der Waals surface area contributed by atoms with Crippen LogP contribution in [0, 0.1) is 0 Å². The molecule has 0 saturated carbocycles. The van der Waals surface area contributed by atoms with E-state index in [-0.39, 0.29) is 13.1 Å². The maximum absolute atomic E-state index is 13.4. The maximum atomic E-state index is 13.4. The van der Waals surface area contributed by atoms with Crippen LogP contribution in [0.3, 0.4) is 0 Å². The summed E-state index contributed by atoms with van der Waals surface area (Å²) >= 11 is 0. The van der Waals surface area contributed by atoms with Gasteiger partial charge in [-0.15, -0.1) is 0 Å². The highest BCUT2D eigenvalue weighted by Crippen LogP contribution is 2.41. The molecule has 0 fully saturated rings. The quantitative estimate of drug-likeness (QED) is 0.817. The number of aryl methyl sites for hydroxylation is 1. The van der Waals surface area contributed by atoms with Gasteiger partial charge in [-0.05, 0) is 20.8 Å². The molecule has 1 unspecified atom stereocenters. The normalized spacial score (nSPS) is 15.3. The Balaban J connectivity index is 3.12. The third-order valence-corrected chi connectivity index (χ3v) is 3.38. The van der Waals surface area contributed by atoms with Gasteiger partial charge in [-0.25, -0.2) is 4.98 Å². The highest BCUT2D eigenvalue weighted by molar-refractivity contribution is 5.77. The first-order valence-electron chi connectivity index (χ1n) is 7.09. The van der Waals surface area contributed by atoms with E-state index in [1.165, 1.54) is 27.1 Å². The van der Waals surface area contributed by atoms with Crippen LogP contribution in [-0.2, 0) is 17.4 Å². The third-order valence-electron chi connectivity index (χ3n) is 3.38. The predicted octanol–water partition coefficient (Wildman–Crippen LogP) is 1.18. The van der Waals surface area contributed by atoms with E-state index in [2.05, 4.69) is 4.98 Å². The summed E-state index contributed by atoms with van der Waals surface area (Å²) in [6.45, 7) is 4.43. The Morgan fingerprint density at radius 3 is 2.26 bits per heavy atom. The summed E-state index contributed by atoms with van der Waals surface area (Å²) in [5.74, 6) is -1.57. The second-order valence-corrected chi connectivity index (χ2v) is 6.12. The van der Waals surface area contributed by atoms with Crippen molar-refractivity contribution < 1.29 is 28.2 Å². The van der Waals surface area contributed by atoms with Crippen molar-refractivity contribution >= 4 is 5.91 Å².